The Balaban J connectivity index is 2.47. The van der Waals surface area contributed by atoms with Crippen LogP contribution in [0.3, 0.4) is 0 Å². The summed E-state index contributed by atoms with van der Waals surface area (Å²) in [6.45, 7) is 7.55. The van der Waals surface area contributed by atoms with Gasteiger partial charge in [-0.15, -0.1) is 0 Å². The predicted molar refractivity (Wildman–Crippen MR) is 84.4 cm³/mol. The lowest BCUT2D eigenvalue weighted by atomic mass is 9.99. The molecule has 0 aliphatic rings. The van der Waals surface area contributed by atoms with Crippen LogP contribution in [-0.2, 0) is 10.0 Å². The zero-order valence-corrected chi connectivity index (χ0v) is 14.2. The molecule has 1 unspecified atom stereocenters. The molecular weight excluding hydrogens is 308 g/mol. The summed E-state index contributed by atoms with van der Waals surface area (Å²) in [6, 6.07) is 6.96. The molecule has 2 rings (SSSR count). The number of hydrogen-bond donors (Lipinski definition) is 0. The Morgan fingerprint density at radius 1 is 1.24 bits per heavy atom. The van der Waals surface area contributed by atoms with Crippen LogP contribution in [0.5, 0.6) is 0 Å². The molecule has 1 aromatic heterocycles. The van der Waals surface area contributed by atoms with E-state index in [1.54, 1.807) is 26.0 Å². The zero-order chi connectivity index (χ0) is 15.8. The molecule has 1 aromatic carbocycles. The van der Waals surface area contributed by atoms with Gasteiger partial charge in [0.25, 0.3) is 10.0 Å². The lowest BCUT2D eigenvalue weighted by Crippen LogP contribution is -2.16. The highest BCUT2D eigenvalue weighted by Gasteiger charge is 2.23. The third-order valence-electron chi connectivity index (χ3n) is 3.75. The van der Waals surface area contributed by atoms with Crippen molar-refractivity contribution >= 4 is 21.6 Å². The molecule has 0 saturated heterocycles. The van der Waals surface area contributed by atoms with Gasteiger partial charge in [-0.1, -0.05) is 37.6 Å². The first-order chi connectivity index (χ1) is 9.78. The second kappa shape index (κ2) is 5.81. The highest BCUT2D eigenvalue weighted by atomic mass is 35.5. The van der Waals surface area contributed by atoms with Crippen molar-refractivity contribution in [1.82, 2.24) is 9.19 Å². The molecule has 6 heteroatoms. The van der Waals surface area contributed by atoms with Crippen LogP contribution < -0.4 is 0 Å². The molecule has 0 amide bonds. The first kappa shape index (κ1) is 16.0. The van der Waals surface area contributed by atoms with Crippen molar-refractivity contribution in [3.8, 4) is 0 Å². The summed E-state index contributed by atoms with van der Waals surface area (Å²) in [6.07, 6.45) is 1.01. The number of halogens is 1. The molecule has 0 aliphatic heterocycles. The average Bonchev–Trinajstić information content (AvgIpc) is 2.74. The summed E-state index contributed by atoms with van der Waals surface area (Å²) in [5.41, 5.74) is 2.07. The molecule has 0 spiro atoms. The van der Waals surface area contributed by atoms with Gasteiger partial charge < -0.3 is 0 Å². The predicted octanol–water partition coefficient (Wildman–Crippen LogP) is 3.90. The highest BCUT2D eigenvalue weighted by Crippen LogP contribution is 2.25. The lowest BCUT2D eigenvalue weighted by molar-refractivity contribution is 0.577. The molecule has 1 heterocycles. The van der Waals surface area contributed by atoms with Crippen molar-refractivity contribution < 1.29 is 8.42 Å². The first-order valence-electron chi connectivity index (χ1n) is 6.86. The Morgan fingerprint density at radius 3 is 2.24 bits per heavy atom. The third-order valence-corrected chi connectivity index (χ3v) is 5.98. The number of aryl methyl sites for hydroxylation is 1. The molecule has 0 saturated carbocycles. The van der Waals surface area contributed by atoms with Gasteiger partial charge in [-0.25, -0.2) is 0 Å². The van der Waals surface area contributed by atoms with Gasteiger partial charge in [0, 0.05) is 0 Å². The van der Waals surface area contributed by atoms with E-state index in [1.807, 2.05) is 12.1 Å². The van der Waals surface area contributed by atoms with Crippen molar-refractivity contribution in [3.05, 3.63) is 46.2 Å². The molecule has 0 bridgehead atoms. The number of rotatable bonds is 4. The van der Waals surface area contributed by atoms with Gasteiger partial charge in [0.15, 0.2) is 0 Å². The molecule has 0 N–H and O–H groups in total. The fourth-order valence-electron chi connectivity index (χ4n) is 2.14. The summed E-state index contributed by atoms with van der Waals surface area (Å²) in [4.78, 5) is 0.219. The van der Waals surface area contributed by atoms with Crippen LogP contribution in [0.2, 0.25) is 5.02 Å². The summed E-state index contributed by atoms with van der Waals surface area (Å²) in [5.74, 6) is 0.407. The second-order valence-electron chi connectivity index (χ2n) is 5.21. The van der Waals surface area contributed by atoms with Crippen LogP contribution in [0.25, 0.3) is 0 Å². The van der Waals surface area contributed by atoms with Crippen LogP contribution in [0.1, 0.15) is 43.1 Å². The average molecular weight is 327 g/mol. The van der Waals surface area contributed by atoms with Crippen LogP contribution in [-0.4, -0.2) is 17.6 Å². The van der Waals surface area contributed by atoms with E-state index in [4.69, 9.17) is 11.6 Å². The van der Waals surface area contributed by atoms with E-state index in [0.717, 1.165) is 16.1 Å². The minimum Gasteiger partial charge on any atom is -0.199 e. The molecule has 2 aromatic rings. The largest absolute Gasteiger partial charge is 0.283 e. The van der Waals surface area contributed by atoms with Crippen molar-refractivity contribution in [2.75, 3.05) is 0 Å². The number of benzene rings is 1. The Kier molecular flexibility index (Phi) is 4.44. The van der Waals surface area contributed by atoms with E-state index < -0.39 is 10.0 Å². The minimum atomic E-state index is -3.70. The molecule has 4 nitrogen and oxygen atoms in total. The van der Waals surface area contributed by atoms with Crippen LogP contribution in [0.15, 0.2) is 29.2 Å². The monoisotopic (exact) mass is 326 g/mol. The molecule has 21 heavy (non-hydrogen) atoms. The Morgan fingerprint density at radius 2 is 1.81 bits per heavy atom. The number of nitrogens with zero attached hydrogens (tertiary/aromatic N) is 2. The first-order valence-corrected chi connectivity index (χ1v) is 8.68. The van der Waals surface area contributed by atoms with Gasteiger partial charge in [0.05, 0.1) is 21.3 Å². The molecule has 1 atom stereocenters. The Bertz CT molecular complexity index is 749. The standard InChI is InChI=1S/C15H19ClN2O2S/c1-5-10(2)13-6-8-14(9-7-13)21(19,20)18-12(4)15(16)11(3)17-18/h6-10H,5H2,1-4H3. The van der Waals surface area contributed by atoms with Gasteiger partial charge in [-0.05, 0) is 43.9 Å². The van der Waals surface area contributed by atoms with E-state index >= 15 is 0 Å². The fourth-order valence-corrected chi connectivity index (χ4v) is 3.67. The minimum absolute atomic E-state index is 0.219. The van der Waals surface area contributed by atoms with Crippen molar-refractivity contribution in [3.63, 3.8) is 0 Å². The topological polar surface area (TPSA) is 52.0 Å². The molecule has 0 fully saturated rings. The molecule has 114 valence electrons. The lowest BCUT2D eigenvalue weighted by Gasteiger charge is -2.11. The quantitative estimate of drug-likeness (QED) is 0.856. The van der Waals surface area contributed by atoms with E-state index in [-0.39, 0.29) is 4.90 Å². The van der Waals surface area contributed by atoms with Gasteiger partial charge in [0.2, 0.25) is 0 Å². The number of hydrogen-bond acceptors (Lipinski definition) is 3. The summed E-state index contributed by atoms with van der Waals surface area (Å²) in [7, 11) is -3.70. The third kappa shape index (κ3) is 2.85. The molecule has 0 radical (unpaired) electrons. The molecule has 0 aliphatic carbocycles. The maximum Gasteiger partial charge on any atom is 0.283 e. The van der Waals surface area contributed by atoms with Crippen molar-refractivity contribution in [1.29, 1.82) is 0 Å². The van der Waals surface area contributed by atoms with Crippen molar-refractivity contribution in [2.45, 2.75) is 44.9 Å². The van der Waals surface area contributed by atoms with E-state index in [2.05, 4.69) is 18.9 Å². The summed E-state index contributed by atoms with van der Waals surface area (Å²) >= 11 is 6.03. The summed E-state index contributed by atoms with van der Waals surface area (Å²) < 4.78 is 26.2. The van der Waals surface area contributed by atoms with Gasteiger partial charge in [-0.3, -0.25) is 0 Å². The maximum absolute atomic E-state index is 12.6. The second-order valence-corrected chi connectivity index (χ2v) is 7.36. The van der Waals surface area contributed by atoms with Crippen LogP contribution >= 0.6 is 11.6 Å². The Labute approximate surface area is 130 Å². The number of aromatic nitrogens is 2. The highest BCUT2D eigenvalue weighted by molar-refractivity contribution is 7.89. The van der Waals surface area contributed by atoms with E-state index in [0.29, 0.717) is 22.3 Å². The van der Waals surface area contributed by atoms with Gasteiger partial charge >= 0.3 is 0 Å². The van der Waals surface area contributed by atoms with Gasteiger partial charge in [-0.2, -0.15) is 17.6 Å². The van der Waals surface area contributed by atoms with Gasteiger partial charge in [0.1, 0.15) is 0 Å². The smallest absolute Gasteiger partial charge is 0.199 e. The van der Waals surface area contributed by atoms with E-state index in [9.17, 15) is 8.42 Å². The van der Waals surface area contributed by atoms with Crippen molar-refractivity contribution in [2.24, 2.45) is 0 Å². The van der Waals surface area contributed by atoms with E-state index in [1.165, 1.54) is 0 Å². The van der Waals surface area contributed by atoms with Crippen LogP contribution in [0, 0.1) is 13.8 Å². The summed E-state index contributed by atoms with van der Waals surface area (Å²) in [5, 5.41) is 4.41. The fraction of sp³-hybridized carbons (Fsp3) is 0.400. The normalized spacial score (nSPS) is 13.4. The Hall–Kier alpha value is -1.33. The SMILES string of the molecule is CCC(C)c1ccc(S(=O)(=O)n2nc(C)c(Cl)c2C)cc1. The molecular formula is C15H19ClN2O2S. The van der Waals surface area contributed by atoms with Crippen LogP contribution in [0.4, 0.5) is 0 Å². The maximum atomic E-state index is 12.6. The zero-order valence-electron chi connectivity index (χ0n) is 12.6.